The van der Waals surface area contributed by atoms with Crippen LogP contribution in [0.2, 0.25) is 0 Å². The first kappa shape index (κ1) is 15.4. The molecule has 0 aromatic heterocycles. The zero-order valence-corrected chi connectivity index (χ0v) is 12.0. The van der Waals surface area contributed by atoms with Crippen LogP contribution in [0.1, 0.15) is 52.4 Å². The van der Waals surface area contributed by atoms with Crippen molar-refractivity contribution in [1.29, 1.82) is 0 Å². The summed E-state index contributed by atoms with van der Waals surface area (Å²) in [5.74, 6) is -0.749. The second-order valence-corrected chi connectivity index (χ2v) is 5.69. The summed E-state index contributed by atoms with van der Waals surface area (Å²) in [4.78, 5) is 13.7. The number of carboxylic acids is 1. The van der Waals surface area contributed by atoms with Crippen molar-refractivity contribution < 1.29 is 9.90 Å². The van der Waals surface area contributed by atoms with Crippen LogP contribution in [0.4, 0.5) is 0 Å². The number of likely N-dealkylation sites (N-methyl/N-ethyl adjacent to an activating group) is 1. The van der Waals surface area contributed by atoms with Gasteiger partial charge in [0.15, 0.2) is 0 Å². The van der Waals surface area contributed by atoms with Crippen LogP contribution in [-0.2, 0) is 4.79 Å². The fraction of sp³-hybridized carbons (Fsp3) is 0.929. The summed E-state index contributed by atoms with van der Waals surface area (Å²) >= 11 is 0. The molecule has 0 heterocycles. The zero-order valence-electron chi connectivity index (χ0n) is 12.0. The lowest BCUT2D eigenvalue weighted by Gasteiger charge is -2.34. The normalized spacial score (nSPS) is 20.9. The lowest BCUT2D eigenvalue weighted by molar-refractivity contribution is -0.144. The van der Waals surface area contributed by atoms with Gasteiger partial charge in [-0.2, -0.15) is 0 Å². The number of aliphatic carboxylic acids is 1. The van der Waals surface area contributed by atoms with Crippen LogP contribution in [0.5, 0.6) is 0 Å². The predicted octanol–water partition coefficient (Wildman–Crippen LogP) is 2.09. The van der Waals surface area contributed by atoms with Crippen molar-refractivity contribution in [2.75, 3.05) is 20.1 Å². The van der Waals surface area contributed by atoms with E-state index < -0.39 is 11.5 Å². The fourth-order valence-corrected chi connectivity index (χ4v) is 2.77. The first-order valence-electron chi connectivity index (χ1n) is 7.18. The molecule has 0 spiro atoms. The number of nitrogens with one attached hydrogen (secondary N) is 1. The molecule has 0 aromatic carbocycles. The van der Waals surface area contributed by atoms with Gasteiger partial charge < -0.3 is 15.3 Å². The molecule has 2 N–H and O–H groups in total. The highest BCUT2D eigenvalue weighted by atomic mass is 16.4. The molecular weight excluding hydrogens is 228 g/mol. The molecule has 0 saturated heterocycles. The molecule has 4 nitrogen and oxygen atoms in total. The van der Waals surface area contributed by atoms with E-state index in [1.54, 1.807) is 6.92 Å². The number of hydrogen-bond acceptors (Lipinski definition) is 3. The summed E-state index contributed by atoms with van der Waals surface area (Å²) in [6.45, 7) is 5.27. The third-order valence-corrected chi connectivity index (χ3v) is 4.20. The quantitative estimate of drug-likeness (QED) is 0.732. The van der Waals surface area contributed by atoms with Crippen molar-refractivity contribution in [3.05, 3.63) is 0 Å². The van der Waals surface area contributed by atoms with Gasteiger partial charge in [-0.1, -0.05) is 26.2 Å². The number of carboxylic acid groups (broad SMARTS) is 1. The van der Waals surface area contributed by atoms with Crippen LogP contribution in [0.15, 0.2) is 0 Å². The van der Waals surface area contributed by atoms with E-state index in [0.29, 0.717) is 19.0 Å². The Morgan fingerprint density at radius 2 is 2.00 bits per heavy atom. The third-order valence-electron chi connectivity index (χ3n) is 4.20. The van der Waals surface area contributed by atoms with E-state index in [-0.39, 0.29) is 0 Å². The van der Waals surface area contributed by atoms with Crippen molar-refractivity contribution in [1.82, 2.24) is 10.2 Å². The molecule has 0 aliphatic heterocycles. The Morgan fingerprint density at radius 1 is 1.39 bits per heavy atom. The molecule has 1 aliphatic carbocycles. The van der Waals surface area contributed by atoms with E-state index in [0.717, 1.165) is 6.54 Å². The first-order valence-corrected chi connectivity index (χ1v) is 7.18. The molecule has 0 bridgehead atoms. The Labute approximate surface area is 111 Å². The molecule has 106 valence electrons. The average Bonchev–Trinajstić information content (AvgIpc) is 2.37. The molecule has 1 saturated carbocycles. The molecule has 0 radical (unpaired) electrons. The van der Waals surface area contributed by atoms with E-state index >= 15 is 0 Å². The Hall–Kier alpha value is -0.610. The highest BCUT2D eigenvalue weighted by Crippen LogP contribution is 2.22. The van der Waals surface area contributed by atoms with Crippen LogP contribution in [0.3, 0.4) is 0 Å². The average molecular weight is 256 g/mol. The molecule has 18 heavy (non-hydrogen) atoms. The van der Waals surface area contributed by atoms with E-state index in [1.165, 1.54) is 32.1 Å². The Kier molecular flexibility index (Phi) is 6.09. The molecule has 4 heteroatoms. The van der Waals surface area contributed by atoms with Crippen LogP contribution >= 0.6 is 0 Å². The SMILES string of the molecule is CCNC(C)(CCN(C)C1CCCCC1)C(=O)O. The Balaban J connectivity index is 2.43. The first-order chi connectivity index (χ1) is 8.49. The van der Waals surface area contributed by atoms with Crippen molar-refractivity contribution in [2.45, 2.75) is 64.0 Å². The van der Waals surface area contributed by atoms with Crippen LogP contribution in [-0.4, -0.2) is 47.7 Å². The van der Waals surface area contributed by atoms with E-state index in [4.69, 9.17) is 0 Å². The van der Waals surface area contributed by atoms with Gasteiger partial charge in [0.25, 0.3) is 0 Å². The smallest absolute Gasteiger partial charge is 0.323 e. The number of rotatable bonds is 7. The van der Waals surface area contributed by atoms with Crippen LogP contribution < -0.4 is 5.32 Å². The molecular formula is C14H28N2O2. The second-order valence-electron chi connectivity index (χ2n) is 5.69. The van der Waals surface area contributed by atoms with Gasteiger partial charge in [-0.3, -0.25) is 4.79 Å². The molecule has 1 atom stereocenters. The minimum absolute atomic E-state index is 0.651. The number of carbonyl (C=O) groups is 1. The highest BCUT2D eigenvalue weighted by molar-refractivity contribution is 5.78. The van der Waals surface area contributed by atoms with Gasteiger partial charge in [0.1, 0.15) is 5.54 Å². The summed E-state index contributed by atoms with van der Waals surface area (Å²) in [7, 11) is 2.13. The second kappa shape index (κ2) is 7.10. The number of nitrogens with zero attached hydrogens (tertiary/aromatic N) is 1. The fourth-order valence-electron chi connectivity index (χ4n) is 2.77. The van der Waals surface area contributed by atoms with Crippen molar-refractivity contribution in [3.8, 4) is 0 Å². The third kappa shape index (κ3) is 4.25. The topological polar surface area (TPSA) is 52.6 Å². The van der Waals surface area contributed by atoms with Gasteiger partial charge in [-0.25, -0.2) is 0 Å². The lowest BCUT2D eigenvalue weighted by Crippen LogP contribution is -2.51. The van der Waals surface area contributed by atoms with E-state index in [9.17, 15) is 9.90 Å². The Bertz CT molecular complexity index is 265. The summed E-state index contributed by atoms with van der Waals surface area (Å²) < 4.78 is 0. The van der Waals surface area contributed by atoms with E-state index in [1.807, 2.05) is 6.92 Å². The predicted molar refractivity (Wildman–Crippen MR) is 73.8 cm³/mol. The maximum Gasteiger partial charge on any atom is 0.323 e. The molecule has 1 rings (SSSR count). The monoisotopic (exact) mass is 256 g/mol. The molecule has 0 aromatic rings. The van der Waals surface area contributed by atoms with Crippen molar-refractivity contribution in [2.24, 2.45) is 0 Å². The van der Waals surface area contributed by atoms with Gasteiger partial charge in [0, 0.05) is 12.6 Å². The minimum atomic E-state index is -0.794. The number of hydrogen-bond donors (Lipinski definition) is 2. The van der Waals surface area contributed by atoms with Gasteiger partial charge in [-0.05, 0) is 39.8 Å². The maximum absolute atomic E-state index is 11.3. The lowest BCUT2D eigenvalue weighted by atomic mass is 9.93. The summed E-state index contributed by atoms with van der Waals surface area (Å²) in [5.41, 5.74) is -0.794. The van der Waals surface area contributed by atoms with Gasteiger partial charge in [-0.15, -0.1) is 0 Å². The standard InChI is InChI=1S/C14H28N2O2/c1-4-15-14(2,13(17)18)10-11-16(3)12-8-6-5-7-9-12/h12,15H,4-11H2,1-3H3,(H,17,18). The van der Waals surface area contributed by atoms with E-state index in [2.05, 4.69) is 17.3 Å². The Morgan fingerprint density at radius 3 is 2.50 bits per heavy atom. The van der Waals surface area contributed by atoms with Gasteiger partial charge >= 0.3 is 5.97 Å². The highest BCUT2D eigenvalue weighted by Gasteiger charge is 2.32. The molecule has 0 amide bonds. The summed E-state index contributed by atoms with van der Waals surface area (Å²) in [6.07, 6.45) is 7.18. The van der Waals surface area contributed by atoms with Crippen molar-refractivity contribution in [3.63, 3.8) is 0 Å². The largest absolute Gasteiger partial charge is 0.480 e. The van der Waals surface area contributed by atoms with Gasteiger partial charge in [0.05, 0.1) is 0 Å². The molecule has 1 fully saturated rings. The molecule has 1 aliphatic rings. The molecule has 1 unspecified atom stereocenters. The van der Waals surface area contributed by atoms with Gasteiger partial charge in [0.2, 0.25) is 0 Å². The van der Waals surface area contributed by atoms with Crippen LogP contribution in [0.25, 0.3) is 0 Å². The van der Waals surface area contributed by atoms with Crippen LogP contribution in [0, 0.1) is 0 Å². The maximum atomic E-state index is 11.3. The van der Waals surface area contributed by atoms with Crippen molar-refractivity contribution >= 4 is 5.97 Å². The summed E-state index contributed by atoms with van der Waals surface area (Å²) in [6, 6.07) is 0.651. The minimum Gasteiger partial charge on any atom is -0.480 e. The summed E-state index contributed by atoms with van der Waals surface area (Å²) in [5, 5.41) is 12.4. The zero-order chi connectivity index (χ0) is 13.6.